The number of nitrogens with zero attached hydrogens (tertiary/aromatic N) is 1. The van der Waals surface area contributed by atoms with E-state index >= 15 is 0 Å². The summed E-state index contributed by atoms with van der Waals surface area (Å²) in [5.41, 5.74) is 8.97. The van der Waals surface area contributed by atoms with Crippen molar-refractivity contribution in [1.29, 1.82) is 0 Å². The maximum atomic E-state index is 11.5. The molecule has 4 nitrogen and oxygen atoms in total. The highest BCUT2D eigenvalue weighted by Crippen LogP contribution is 2.34. The van der Waals surface area contributed by atoms with Crippen LogP contribution in [0.1, 0.15) is 33.9 Å². The van der Waals surface area contributed by atoms with E-state index in [2.05, 4.69) is 22.4 Å². The number of anilines is 1. The third-order valence-corrected chi connectivity index (χ3v) is 3.81. The first-order valence-corrected chi connectivity index (χ1v) is 6.82. The zero-order valence-electron chi connectivity index (χ0n) is 10.8. The summed E-state index contributed by atoms with van der Waals surface area (Å²) in [5, 5.41) is 3.70. The van der Waals surface area contributed by atoms with Gasteiger partial charge in [0.1, 0.15) is 5.15 Å². The lowest BCUT2D eigenvalue weighted by Crippen LogP contribution is -2.16. The Balaban J connectivity index is 1.93. The number of hydrogen-bond donors (Lipinski definition) is 2. The molecule has 1 amide bonds. The van der Waals surface area contributed by atoms with E-state index in [4.69, 9.17) is 17.3 Å². The first-order valence-electron chi connectivity index (χ1n) is 6.45. The molecule has 2 aromatic rings. The van der Waals surface area contributed by atoms with Gasteiger partial charge in [0.05, 0.1) is 17.3 Å². The van der Waals surface area contributed by atoms with E-state index in [9.17, 15) is 4.79 Å². The molecule has 1 heterocycles. The van der Waals surface area contributed by atoms with Gasteiger partial charge in [0, 0.05) is 6.20 Å². The van der Waals surface area contributed by atoms with E-state index in [-0.39, 0.29) is 6.04 Å². The molecule has 102 valence electrons. The lowest BCUT2D eigenvalue weighted by Gasteiger charge is -2.17. The lowest BCUT2D eigenvalue weighted by molar-refractivity contribution is 0.100. The van der Waals surface area contributed by atoms with E-state index in [1.165, 1.54) is 17.3 Å². The van der Waals surface area contributed by atoms with Crippen molar-refractivity contribution in [2.75, 3.05) is 5.32 Å². The molecule has 0 bridgehead atoms. The largest absolute Gasteiger partial charge is 0.377 e. The number of fused-ring (bicyclic) bond motifs is 1. The number of amides is 1. The van der Waals surface area contributed by atoms with E-state index in [0.29, 0.717) is 16.4 Å². The molecule has 1 aliphatic carbocycles. The molecule has 0 aliphatic heterocycles. The average molecular weight is 288 g/mol. The van der Waals surface area contributed by atoms with Crippen LogP contribution in [0.2, 0.25) is 5.15 Å². The van der Waals surface area contributed by atoms with Gasteiger partial charge in [0.25, 0.3) is 5.91 Å². The number of aryl methyl sites for hydroxylation is 1. The summed E-state index contributed by atoms with van der Waals surface area (Å²) in [6.45, 7) is 0. The highest BCUT2D eigenvalue weighted by Gasteiger charge is 2.23. The van der Waals surface area contributed by atoms with Gasteiger partial charge in [-0.3, -0.25) is 4.79 Å². The van der Waals surface area contributed by atoms with Gasteiger partial charge in [-0.05, 0) is 30.0 Å². The molecule has 0 saturated carbocycles. The summed E-state index contributed by atoms with van der Waals surface area (Å²) >= 11 is 5.90. The van der Waals surface area contributed by atoms with Crippen LogP contribution in [0.4, 0.5) is 5.69 Å². The van der Waals surface area contributed by atoms with Gasteiger partial charge in [-0.25, -0.2) is 4.98 Å². The summed E-state index contributed by atoms with van der Waals surface area (Å²) in [4.78, 5) is 15.4. The summed E-state index contributed by atoms with van der Waals surface area (Å²) in [6, 6.07) is 10.1. The van der Waals surface area contributed by atoms with Crippen LogP contribution in [0.5, 0.6) is 0 Å². The standard InChI is InChI=1S/C15H14ClN3O/c16-14-7-13(11(8-18-14)15(17)20)19-12-6-5-9-3-1-2-4-10(9)12/h1-4,7-8,12H,5-6H2,(H2,17,20)(H,18,19). The van der Waals surface area contributed by atoms with Crippen molar-refractivity contribution in [1.82, 2.24) is 4.98 Å². The number of benzene rings is 1. The zero-order chi connectivity index (χ0) is 14.1. The van der Waals surface area contributed by atoms with Crippen molar-refractivity contribution in [2.45, 2.75) is 18.9 Å². The topological polar surface area (TPSA) is 68.0 Å². The Hall–Kier alpha value is -2.07. The van der Waals surface area contributed by atoms with Gasteiger partial charge in [-0.15, -0.1) is 0 Å². The van der Waals surface area contributed by atoms with Crippen molar-refractivity contribution in [3.63, 3.8) is 0 Å². The minimum atomic E-state index is -0.511. The fourth-order valence-electron chi connectivity index (χ4n) is 2.64. The molecule has 5 heteroatoms. The summed E-state index contributed by atoms with van der Waals surface area (Å²) in [7, 11) is 0. The van der Waals surface area contributed by atoms with Crippen LogP contribution in [0.25, 0.3) is 0 Å². The Kier molecular flexibility index (Phi) is 3.32. The monoisotopic (exact) mass is 287 g/mol. The second-order valence-electron chi connectivity index (χ2n) is 4.85. The second kappa shape index (κ2) is 5.13. The Morgan fingerprint density at radius 3 is 3.00 bits per heavy atom. The molecule has 3 N–H and O–H groups in total. The molecule has 0 saturated heterocycles. The normalized spacial score (nSPS) is 16.8. The predicted octanol–water partition coefficient (Wildman–Crippen LogP) is 2.93. The SMILES string of the molecule is NC(=O)c1cnc(Cl)cc1NC1CCc2ccccc21. The third kappa shape index (κ3) is 2.34. The van der Waals surface area contributed by atoms with Crippen LogP contribution in [0.15, 0.2) is 36.5 Å². The molecule has 20 heavy (non-hydrogen) atoms. The number of nitrogens with one attached hydrogen (secondary N) is 1. The minimum Gasteiger partial charge on any atom is -0.377 e. The van der Waals surface area contributed by atoms with Gasteiger partial charge in [-0.2, -0.15) is 0 Å². The number of carbonyl (C=O) groups is 1. The van der Waals surface area contributed by atoms with E-state index in [0.717, 1.165) is 12.8 Å². The predicted molar refractivity (Wildman–Crippen MR) is 78.9 cm³/mol. The molecule has 0 spiro atoms. The Bertz CT molecular complexity index is 672. The molecule has 0 radical (unpaired) electrons. The number of halogens is 1. The molecular formula is C15H14ClN3O. The van der Waals surface area contributed by atoms with Crippen LogP contribution < -0.4 is 11.1 Å². The highest BCUT2D eigenvalue weighted by atomic mass is 35.5. The molecule has 1 atom stereocenters. The highest BCUT2D eigenvalue weighted by molar-refractivity contribution is 6.29. The maximum absolute atomic E-state index is 11.5. The Morgan fingerprint density at radius 1 is 1.40 bits per heavy atom. The number of nitrogens with two attached hydrogens (primary N) is 1. The number of hydrogen-bond acceptors (Lipinski definition) is 3. The average Bonchev–Trinajstić information content (AvgIpc) is 2.82. The third-order valence-electron chi connectivity index (χ3n) is 3.60. The van der Waals surface area contributed by atoms with Crippen LogP contribution in [-0.2, 0) is 6.42 Å². The summed E-state index contributed by atoms with van der Waals surface area (Å²) < 4.78 is 0. The smallest absolute Gasteiger partial charge is 0.252 e. The van der Waals surface area contributed by atoms with E-state index < -0.39 is 5.91 Å². The molecule has 1 aromatic heterocycles. The van der Waals surface area contributed by atoms with Crippen molar-refractivity contribution in [3.8, 4) is 0 Å². The maximum Gasteiger partial charge on any atom is 0.252 e. The van der Waals surface area contributed by atoms with Crippen molar-refractivity contribution >= 4 is 23.2 Å². The Morgan fingerprint density at radius 2 is 2.20 bits per heavy atom. The van der Waals surface area contributed by atoms with E-state index in [1.807, 2.05) is 12.1 Å². The first kappa shape index (κ1) is 12.9. The van der Waals surface area contributed by atoms with Crippen LogP contribution >= 0.6 is 11.6 Å². The minimum absolute atomic E-state index is 0.169. The van der Waals surface area contributed by atoms with E-state index in [1.54, 1.807) is 6.07 Å². The fraction of sp³-hybridized carbons (Fsp3) is 0.200. The molecule has 1 aliphatic rings. The molecule has 0 fully saturated rings. The summed E-state index contributed by atoms with van der Waals surface area (Å²) in [6.07, 6.45) is 3.42. The number of rotatable bonds is 3. The number of primary amides is 1. The zero-order valence-corrected chi connectivity index (χ0v) is 11.5. The molecular weight excluding hydrogens is 274 g/mol. The quantitative estimate of drug-likeness (QED) is 0.853. The number of carbonyl (C=O) groups excluding carboxylic acids is 1. The van der Waals surface area contributed by atoms with Gasteiger partial charge >= 0.3 is 0 Å². The Labute approximate surface area is 122 Å². The lowest BCUT2D eigenvalue weighted by atomic mass is 10.1. The van der Waals surface area contributed by atoms with Crippen molar-refractivity contribution < 1.29 is 4.79 Å². The number of aromatic nitrogens is 1. The van der Waals surface area contributed by atoms with Crippen LogP contribution in [0.3, 0.4) is 0 Å². The molecule has 1 aromatic carbocycles. The fourth-order valence-corrected chi connectivity index (χ4v) is 2.80. The second-order valence-corrected chi connectivity index (χ2v) is 5.24. The van der Waals surface area contributed by atoms with Gasteiger partial charge in [0.15, 0.2) is 0 Å². The van der Waals surface area contributed by atoms with Gasteiger partial charge in [-0.1, -0.05) is 35.9 Å². The van der Waals surface area contributed by atoms with Crippen molar-refractivity contribution in [2.24, 2.45) is 5.73 Å². The van der Waals surface area contributed by atoms with Crippen LogP contribution in [-0.4, -0.2) is 10.9 Å². The van der Waals surface area contributed by atoms with Crippen molar-refractivity contribution in [3.05, 3.63) is 58.4 Å². The van der Waals surface area contributed by atoms with Gasteiger partial charge < -0.3 is 11.1 Å². The first-order chi connectivity index (χ1) is 9.65. The summed E-state index contributed by atoms with van der Waals surface area (Å²) in [5.74, 6) is -0.511. The molecule has 3 rings (SSSR count). The molecule has 1 unspecified atom stereocenters. The van der Waals surface area contributed by atoms with Gasteiger partial charge in [0.2, 0.25) is 0 Å². The van der Waals surface area contributed by atoms with Crippen LogP contribution in [0, 0.1) is 0 Å². The number of pyridine rings is 1.